The summed E-state index contributed by atoms with van der Waals surface area (Å²) in [7, 11) is 1.99. The van der Waals surface area contributed by atoms with Crippen LogP contribution in [0.2, 0.25) is 0 Å². The van der Waals surface area contributed by atoms with E-state index in [0.29, 0.717) is 11.1 Å². The number of hydrogen-bond acceptors (Lipinski definition) is 1. The summed E-state index contributed by atoms with van der Waals surface area (Å²) in [6.45, 7) is 11.4. The van der Waals surface area contributed by atoms with Crippen molar-refractivity contribution >= 4 is 32.7 Å². The van der Waals surface area contributed by atoms with E-state index < -0.39 is 11.6 Å². The Morgan fingerprint density at radius 2 is 1.47 bits per heavy atom. The van der Waals surface area contributed by atoms with Gasteiger partial charge in [-0.25, -0.2) is 4.57 Å². The van der Waals surface area contributed by atoms with Crippen LogP contribution in [0.25, 0.3) is 49.7 Å². The SMILES string of the molecule is Cc1c(-c2c3c(nc[n+]2C)c2c(CC(C)(C)C(F)(F)F)cccc2n3-c2ccccc2)cc(C(C)(C)C)c2ccccc12. The maximum atomic E-state index is 14.1. The van der Waals surface area contributed by atoms with Crippen LogP contribution in [-0.2, 0) is 18.9 Å². The van der Waals surface area contributed by atoms with Crippen molar-refractivity contribution in [3.63, 3.8) is 0 Å². The Kier molecular flexibility index (Phi) is 6.68. The van der Waals surface area contributed by atoms with Crippen molar-refractivity contribution in [3.8, 4) is 16.9 Å². The van der Waals surface area contributed by atoms with Crippen LogP contribution in [0, 0.1) is 12.3 Å². The fraction of sp³-hybridized carbons (Fsp3) is 0.297. The van der Waals surface area contributed by atoms with Crippen molar-refractivity contribution in [3.05, 3.63) is 102 Å². The summed E-state index contributed by atoms with van der Waals surface area (Å²) in [4.78, 5) is 4.92. The highest BCUT2D eigenvalue weighted by Gasteiger charge is 2.47. The molecule has 220 valence electrons. The summed E-state index contributed by atoms with van der Waals surface area (Å²) >= 11 is 0. The second kappa shape index (κ2) is 9.94. The van der Waals surface area contributed by atoms with Crippen LogP contribution >= 0.6 is 0 Å². The molecular weight excluding hydrogens is 543 g/mol. The average molecular weight is 581 g/mol. The Labute approximate surface area is 250 Å². The van der Waals surface area contributed by atoms with Gasteiger partial charge in [0.2, 0.25) is 5.52 Å². The molecule has 0 aliphatic heterocycles. The first-order chi connectivity index (χ1) is 20.2. The molecular formula is C37H37F3N3+. The van der Waals surface area contributed by atoms with Crippen LogP contribution < -0.4 is 4.57 Å². The molecule has 0 fully saturated rings. The number of aromatic nitrogens is 3. The average Bonchev–Trinajstić information content (AvgIpc) is 3.28. The molecule has 6 aromatic rings. The maximum Gasteiger partial charge on any atom is 0.394 e. The summed E-state index contributed by atoms with van der Waals surface area (Å²) in [6, 6.07) is 26.5. The fourth-order valence-electron chi connectivity index (χ4n) is 6.38. The number of hydrogen-bond donors (Lipinski definition) is 0. The van der Waals surface area contributed by atoms with Crippen LogP contribution in [0.3, 0.4) is 0 Å². The highest BCUT2D eigenvalue weighted by molar-refractivity contribution is 6.12. The summed E-state index contributed by atoms with van der Waals surface area (Å²) in [5.41, 5.74) is 6.40. The number of alkyl halides is 3. The number of aryl methyl sites for hydroxylation is 2. The molecule has 0 unspecified atom stereocenters. The summed E-state index contributed by atoms with van der Waals surface area (Å²) in [5.74, 6) is 0. The van der Waals surface area contributed by atoms with Gasteiger partial charge in [0, 0.05) is 11.3 Å². The van der Waals surface area contributed by atoms with E-state index >= 15 is 0 Å². The van der Waals surface area contributed by atoms with E-state index in [9.17, 15) is 13.2 Å². The topological polar surface area (TPSA) is 21.7 Å². The minimum atomic E-state index is -4.34. The third-order valence-corrected chi connectivity index (χ3v) is 8.78. The van der Waals surface area contributed by atoms with E-state index in [1.165, 1.54) is 30.2 Å². The molecule has 4 aromatic carbocycles. The van der Waals surface area contributed by atoms with E-state index in [1.807, 2.05) is 60.1 Å². The lowest BCUT2D eigenvalue weighted by atomic mass is 9.80. The summed E-state index contributed by atoms with van der Waals surface area (Å²) < 4.78 is 46.6. The monoisotopic (exact) mass is 580 g/mol. The quantitative estimate of drug-likeness (QED) is 0.190. The van der Waals surface area contributed by atoms with Crippen LogP contribution in [0.5, 0.6) is 0 Å². The van der Waals surface area contributed by atoms with Crippen LogP contribution in [0.15, 0.2) is 85.2 Å². The molecule has 2 aromatic heterocycles. The molecule has 0 radical (unpaired) electrons. The molecule has 0 saturated carbocycles. The lowest BCUT2D eigenvalue weighted by Crippen LogP contribution is -2.34. The van der Waals surface area contributed by atoms with Crippen LogP contribution in [0.1, 0.15) is 51.3 Å². The molecule has 0 saturated heterocycles. The summed E-state index contributed by atoms with van der Waals surface area (Å²) in [5, 5.41) is 3.17. The van der Waals surface area contributed by atoms with Gasteiger partial charge in [0.15, 0.2) is 5.69 Å². The highest BCUT2D eigenvalue weighted by atomic mass is 19.4. The molecule has 0 bridgehead atoms. The standard InChI is InChI=1S/C37H37F3N3/c1-23-26-17-11-12-18-27(26)29(35(2,3)4)20-28(23)33-34-32(41-22-42(33)7)31-24(21-36(5,6)37(38,39)40)14-13-19-30(31)43(34)25-15-9-8-10-16-25/h8-20,22H,21H2,1-7H3/q+1. The Morgan fingerprint density at radius 1 is 0.814 bits per heavy atom. The zero-order valence-electron chi connectivity index (χ0n) is 25.8. The van der Waals surface area contributed by atoms with Crippen molar-refractivity contribution in [2.45, 2.75) is 59.6 Å². The van der Waals surface area contributed by atoms with E-state index in [-0.39, 0.29) is 11.8 Å². The Balaban J connectivity index is 1.79. The first-order valence-corrected chi connectivity index (χ1v) is 14.7. The van der Waals surface area contributed by atoms with Crippen LogP contribution in [0.4, 0.5) is 13.2 Å². The minimum absolute atomic E-state index is 0.116. The number of para-hydroxylation sites is 1. The van der Waals surface area contributed by atoms with Crippen molar-refractivity contribution in [2.75, 3.05) is 0 Å². The van der Waals surface area contributed by atoms with Gasteiger partial charge >= 0.3 is 6.18 Å². The molecule has 6 heteroatoms. The molecule has 0 atom stereocenters. The van der Waals surface area contributed by atoms with E-state index in [1.54, 1.807) is 6.33 Å². The maximum absolute atomic E-state index is 14.1. The van der Waals surface area contributed by atoms with Gasteiger partial charge in [0.1, 0.15) is 5.52 Å². The predicted octanol–water partition coefficient (Wildman–Crippen LogP) is 9.56. The number of halogens is 3. The Hall–Kier alpha value is -4.19. The zero-order chi connectivity index (χ0) is 30.9. The van der Waals surface area contributed by atoms with Gasteiger partial charge in [-0.1, -0.05) is 89.2 Å². The molecule has 0 spiro atoms. The lowest BCUT2D eigenvalue weighted by Gasteiger charge is -2.28. The lowest BCUT2D eigenvalue weighted by molar-refractivity contribution is -0.662. The molecule has 0 aliphatic carbocycles. The van der Waals surface area contributed by atoms with Gasteiger partial charge in [0.05, 0.1) is 23.4 Å². The third-order valence-electron chi connectivity index (χ3n) is 8.78. The first kappa shape index (κ1) is 28.9. The van der Waals surface area contributed by atoms with Crippen molar-refractivity contribution < 1.29 is 17.7 Å². The number of fused-ring (bicyclic) bond motifs is 4. The molecule has 43 heavy (non-hydrogen) atoms. The largest absolute Gasteiger partial charge is 0.394 e. The minimum Gasteiger partial charge on any atom is -0.302 e. The van der Waals surface area contributed by atoms with Gasteiger partial charge in [-0.3, -0.25) is 0 Å². The highest BCUT2D eigenvalue weighted by Crippen LogP contribution is 2.45. The van der Waals surface area contributed by atoms with E-state index in [0.717, 1.165) is 38.9 Å². The molecule has 2 heterocycles. The smallest absolute Gasteiger partial charge is 0.302 e. The Bertz CT molecular complexity index is 2010. The van der Waals surface area contributed by atoms with Gasteiger partial charge in [0.25, 0.3) is 6.33 Å². The van der Waals surface area contributed by atoms with Crippen molar-refractivity contribution in [1.29, 1.82) is 0 Å². The van der Waals surface area contributed by atoms with Gasteiger partial charge in [-0.05, 0) is 75.5 Å². The second-order valence-corrected chi connectivity index (χ2v) is 13.3. The van der Waals surface area contributed by atoms with Gasteiger partial charge in [-0.2, -0.15) is 13.2 Å². The van der Waals surface area contributed by atoms with Crippen molar-refractivity contribution in [1.82, 2.24) is 9.55 Å². The second-order valence-electron chi connectivity index (χ2n) is 13.3. The summed E-state index contributed by atoms with van der Waals surface area (Å²) in [6.07, 6.45) is -2.70. The predicted molar refractivity (Wildman–Crippen MR) is 170 cm³/mol. The normalized spacial score (nSPS) is 13.0. The molecule has 6 rings (SSSR count). The Morgan fingerprint density at radius 3 is 2.12 bits per heavy atom. The number of rotatable bonds is 4. The first-order valence-electron chi connectivity index (χ1n) is 14.7. The molecule has 0 aliphatic rings. The number of benzene rings is 4. The van der Waals surface area contributed by atoms with Gasteiger partial charge in [-0.15, -0.1) is 0 Å². The molecule has 0 amide bonds. The molecule has 3 nitrogen and oxygen atoms in total. The van der Waals surface area contributed by atoms with E-state index in [2.05, 4.69) is 62.6 Å². The number of nitrogens with zero attached hydrogens (tertiary/aromatic N) is 3. The fourth-order valence-corrected chi connectivity index (χ4v) is 6.38. The molecule has 0 N–H and O–H groups in total. The van der Waals surface area contributed by atoms with E-state index in [4.69, 9.17) is 4.98 Å². The third kappa shape index (κ3) is 4.68. The van der Waals surface area contributed by atoms with Crippen molar-refractivity contribution in [2.24, 2.45) is 12.5 Å². The van der Waals surface area contributed by atoms with Crippen LogP contribution in [-0.4, -0.2) is 15.7 Å². The van der Waals surface area contributed by atoms with Gasteiger partial charge < -0.3 is 4.57 Å². The zero-order valence-corrected chi connectivity index (χ0v) is 25.8.